The molecule has 0 amide bonds. The van der Waals surface area contributed by atoms with Crippen molar-refractivity contribution in [1.29, 1.82) is 0 Å². The average Bonchev–Trinajstić information content (AvgIpc) is 3.13. The lowest BCUT2D eigenvalue weighted by molar-refractivity contribution is 0.402. The first-order chi connectivity index (χ1) is 14.2. The van der Waals surface area contributed by atoms with Gasteiger partial charge in [-0.05, 0) is 32.4 Å². The third-order valence-corrected chi connectivity index (χ3v) is 9.19. The first-order valence-electron chi connectivity index (χ1n) is 9.53. The second-order valence-corrected chi connectivity index (χ2v) is 11.1. The molecule has 0 radical (unpaired) electrons. The molecule has 0 spiro atoms. The Labute approximate surface area is 174 Å². The Morgan fingerprint density at radius 2 is 1.73 bits per heavy atom. The van der Waals surface area contributed by atoms with E-state index in [1.54, 1.807) is 38.1 Å². The molecule has 0 atom stereocenters. The maximum absolute atomic E-state index is 13.1. The van der Waals surface area contributed by atoms with Gasteiger partial charge in [-0.25, -0.2) is 21.1 Å². The van der Waals surface area contributed by atoms with Gasteiger partial charge in [0.25, 0.3) is 0 Å². The van der Waals surface area contributed by atoms with Crippen LogP contribution in [0.15, 0.2) is 33.7 Å². The van der Waals surface area contributed by atoms with Gasteiger partial charge in [-0.2, -0.15) is 9.40 Å². The summed E-state index contributed by atoms with van der Waals surface area (Å²) in [5.41, 5.74) is 1.75. The molecule has 162 valence electrons. The maximum atomic E-state index is 13.1. The van der Waals surface area contributed by atoms with E-state index in [2.05, 4.69) is 15.4 Å². The maximum Gasteiger partial charge on any atom is 0.246 e. The molecular formula is C18H23N5O5S2. The van der Waals surface area contributed by atoms with E-state index in [1.165, 1.54) is 8.61 Å². The van der Waals surface area contributed by atoms with E-state index in [0.29, 0.717) is 34.5 Å². The van der Waals surface area contributed by atoms with Crippen LogP contribution in [-0.2, 0) is 25.8 Å². The van der Waals surface area contributed by atoms with Crippen LogP contribution in [0.2, 0.25) is 0 Å². The van der Waals surface area contributed by atoms with Crippen molar-refractivity contribution < 1.29 is 21.4 Å². The molecule has 3 aromatic rings. The van der Waals surface area contributed by atoms with Crippen LogP contribution >= 0.6 is 0 Å². The van der Waals surface area contributed by atoms with E-state index >= 15 is 0 Å². The summed E-state index contributed by atoms with van der Waals surface area (Å²) in [5, 5.41) is 11.2. The predicted molar refractivity (Wildman–Crippen MR) is 110 cm³/mol. The van der Waals surface area contributed by atoms with Crippen LogP contribution in [0.3, 0.4) is 0 Å². The van der Waals surface area contributed by atoms with Gasteiger partial charge in [0.15, 0.2) is 5.58 Å². The summed E-state index contributed by atoms with van der Waals surface area (Å²) < 4.78 is 60.0. The zero-order valence-electron chi connectivity index (χ0n) is 16.7. The summed E-state index contributed by atoms with van der Waals surface area (Å²) in [5.74, 6) is -0.295. The van der Waals surface area contributed by atoms with Crippen molar-refractivity contribution in [2.45, 2.75) is 30.9 Å². The molecule has 2 aromatic heterocycles. The number of benzene rings is 1. The van der Waals surface area contributed by atoms with Gasteiger partial charge < -0.3 is 4.52 Å². The molecule has 12 heteroatoms. The molecule has 0 unspecified atom stereocenters. The SMILES string of the molecule is Cc1n[nH]c(C)c1S(=O)(=O)N1CCCN(S(=O)(=O)Cc2noc3ccccc23)CC1. The number of aromatic nitrogens is 3. The lowest BCUT2D eigenvalue weighted by Gasteiger charge is -2.21. The Kier molecular flexibility index (Phi) is 5.43. The van der Waals surface area contributed by atoms with Crippen LogP contribution in [-0.4, -0.2) is 67.0 Å². The van der Waals surface area contributed by atoms with Crippen LogP contribution in [0.5, 0.6) is 0 Å². The highest BCUT2D eigenvalue weighted by atomic mass is 32.2. The van der Waals surface area contributed by atoms with Crippen molar-refractivity contribution in [1.82, 2.24) is 24.0 Å². The minimum Gasteiger partial charge on any atom is -0.356 e. The summed E-state index contributed by atoms with van der Waals surface area (Å²) in [6.45, 7) is 3.92. The van der Waals surface area contributed by atoms with Crippen molar-refractivity contribution >= 4 is 31.0 Å². The van der Waals surface area contributed by atoms with E-state index in [1.807, 2.05) is 0 Å². The quantitative estimate of drug-likeness (QED) is 0.618. The van der Waals surface area contributed by atoms with Gasteiger partial charge in [0.2, 0.25) is 20.0 Å². The number of hydrogen-bond acceptors (Lipinski definition) is 7. The molecule has 3 heterocycles. The van der Waals surface area contributed by atoms with Crippen molar-refractivity contribution in [3.63, 3.8) is 0 Å². The molecule has 30 heavy (non-hydrogen) atoms. The highest BCUT2D eigenvalue weighted by molar-refractivity contribution is 7.89. The highest BCUT2D eigenvalue weighted by Gasteiger charge is 2.34. The minimum absolute atomic E-state index is 0.0746. The summed E-state index contributed by atoms with van der Waals surface area (Å²) >= 11 is 0. The Balaban J connectivity index is 1.52. The number of hydrogen-bond donors (Lipinski definition) is 1. The minimum atomic E-state index is -3.76. The molecule has 0 bridgehead atoms. The third kappa shape index (κ3) is 3.75. The first-order valence-corrected chi connectivity index (χ1v) is 12.6. The van der Waals surface area contributed by atoms with Crippen molar-refractivity contribution in [3.8, 4) is 0 Å². The number of fused-ring (bicyclic) bond motifs is 1. The lowest BCUT2D eigenvalue weighted by atomic mass is 10.2. The van der Waals surface area contributed by atoms with Gasteiger partial charge in [0.1, 0.15) is 16.3 Å². The van der Waals surface area contributed by atoms with E-state index in [9.17, 15) is 16.8 Å². The second-order valence-electron chi connectivity index (χ2n) is 7.30. The monoisotopic (exact) mass is 453 g/mol. The van der Waals surface area contributed by atoms with E-state index in [0.717, 1.165) is 0 Å². The highest BCUT2D eigenvalue weighted by Crippen LogP contribution is 2.25. The van der Waals surface area contributed by atoms with E-state index in [4.69, 9.17) is 4.52 Å². The fourth-order valence-electron chi connectivity index (χ4n) is 3.74. The average molecular weight is 454 g/mol. The van der Waals surface area contributed by atoms with Gasteiger partial charge in [0.05, 0.1) is 11.4 Å². The molecule has 0 aliphatic carbocycles. The van der Waals surface area contributed by atoms with E-state index in [-0.39, 0.29) is 36.8 Å². The standard InChI is InChI=1S/C18H23N5O5S2/c1-13-18(14(2)20-19-13)30(26,27)23-9-5-8-22(10-11-23)29(24,25)12-16-15-6-3-4-7-17(15)28-21-16/h3-4,6-7H,5,8-12H2,1-2H3,(H,19,20). The Bertz CT molecular complexity index is 1260. The Hall–Kier alpha value is -2.28. The van der Waals surface area contributed by atoms with Gasteiger partial charge in [0, 0.05) is 31.6 Å². The van der Waals surface area contributed by atoms with Crippen LogP contribution in [0.4, 0.5) is 0 Å². The molecule has 1 aliphatic rings. The lowest BCUT2D eigenvalue weighted by Crippen LogP contribution is -2.38. The van der Waals surface area contributed by atoms with E-state index < -0.39 is 20.0 Å². The van der Waals surface area contributed by atoms with Crippen LogP contribution in [0.1, 0.15) is 23.5 Å². The summed E-state index contributed by atoms with van der Waals surface area (Å²) in [6, 6.07) is 7.08. The molecule has 1 fully saturated rings. The molecule has 0 saturated carbocycles. The second kappa shape index (κ2) is 7.76. The van der Waals surface area contributed by atoms with Crippen molar-refractivity contribution in [2.24, 2.45) is 0 Å². The number of rotatable bonds is 5. The van der Waals surface area contributed by atoms with Crippen LogP contribution in [0, 0.1) is 13.8 Å². The fourth-order valence-corrected chi connectivity index (χ4v) is 7.05. The smallest absolute Gasteiger partial charge is 0.246 e. The zero-order valence-corrected chi connectivity index (χ0v) is 18.3. The zero-order chi connectivity index (χ0) is 21.5. The third-order valence-electron chi connectivity index (χ3n) is 5.24. The molecule has 4 rings (SSSR count). The molecule has 1 saturated heterocycles. The van der Waals surface area contributed by atoms with Gasteiger partial charge in [-0.15, -0.1) is 0 Å². The number of nitrogens with one attached hydrogen (secondary N) is 1. The van der Waals surface area contributed by atoms with Crippen LogP contribution in [0.25, 0.3) is 11.0 Å². The predicted octanol–water partition coefficient (Wildman–Crippen LogP) is 1.39. The number of nitrogens with zero attached hydrogens (tertiary/aromatic N) is 4. The fraction of sp³-hybridized carbons (Fsp3) is 0.444. The van der Waals surface area contributed by atoms with Crippen molar-refractivity contribution in [3.05, 3.63) is 41.3 Å². The van der Waals surface area contributed by atoms with Crippen molar-refractivity contribution in [2.75, 3.05) is 26.2 Å². The molecule has 1 N–H and O–H groups in total. The largest absolute Gasteiger partial charge is 0.356 e. The van der Waals surface area contributed by atoms with Gasteiger partial charge in [-0.3, -0.25) is 5.10 Å². The van der Waals surface area contributed by atoms with Gasteiger partial charge in [-0.1, -0.05) is 17.3 Å². The number of H-pyrrole nitrogens is 1. The molecule has 10 nitrogen and oxygen atoms in total. The van der Waals surface area contributed by atoms with Gasteiger partial charge >= 0.3 is 0 Å². The normalized spacial score (nSPS) is 17.4. The number of sulfonamides is 2. The summed E-state index contributed by atoms with van der Waals surface area (Å²) in [4.78, 5) is 0.160. The Morgan fingerprint density at radius 3 is 2.47 bits per heavy atom. The number of aromatic amines is 1. The number of aryl methyl sites for hydroxylation is 2. The summed E-state index contributed by atoms with van der Waals surface area (Å²) in [7, 11) is -7.45. The molecule has 1 aliphatic heterocycles. The molecule has 1 aromatic carbocycles. The molecular weight excluding hydrogens is 430 g/mol. The first kappa shape index (κ1) is 21.0. The topological polar surface area (TPSA) is 129 Å². The number of para-hydroxylation sites is 1. The summed E-state index contributed by atoms with van der Waals surface area (Å²) in [6.07, 6.45) is 0.397. The van der Waals surface area contributed by atoms with Crippen LogP contribution < -0.4 is 0 Å². The Morgan fingerprint density at radius 1 is 1.03 bits per heavy atom.